The minimum absolute atomic E-state index is 0.140. The van der Waals surface area contributed by atoms with Crippen LogP contribution in [0.1, 0.15) is 50.3 Å². The molecule has 1 N–H and O–H groups in total. The molecule has 2 aliphatic rings. The van der Waals surface area contributed by atoms with Crippen molar-refractivity contribution in [1.82, 2.24) is 24.7 Å². The molecule has 134 valence electrons. The van der Waals surface area contributed by atoms with Gasteiger partial charge in [-0.2, -0.15) is 5.10 Å². The van der Waals surface area contributed by atoms with Gasteiger partial charge in [0.25, 0.3) is 0 Å². The fourth-order valence-electron chi connectivity index (χ4n) is 3.32. The Hall–Kier alpha value is -2.22. The first-order chi connectivity index (χ1) is 12.2. The van der Waals surface area contributed by atoms with E-state index in [1.807, 2.05) is 10.7 Å². The van der Waals surface area contributed by atoms with Gasteiger partial charge < -0.3 is 15.0 Å². The molecule has 4 heterocycles. The lowest BCUT2D eigenvalue weighted by Gasteiger charge is -2.28. The average molecular weight is 343 g/mol. The first-order valence-corrected chi connectivity index (χ1v) is 9.06. The molecule has 8 heteroatoms. The number of aryl methyl sites for hydroxylation is 1. The first kappa shape index (κ1) is 16.3. The lowest BCUT2D eigenvalue weighted by atomic mass is 10.1. The standard InChI is InChI=1S/C17H25N7O/c1-12(2)16-21-17-13(4-3-5-24(17)22-16)20-14-10-15(19-11-18-14)23-6-8-25-9-7-23/h10-13H,3-9H2,1-2H3,(H,18,19,20). The van der Waals surface area contributed by atoms with E-state index in [4.69, 9.17) is 9.72 Å². The number of rotatable bonds is 4. The van der Waals surface area contributed by atoms with Gasteiger partial charge in [0.2, 0.25) is 0 Å². The summed E-state index contributed by atoms with van der Waals surface area (Å²) in [5, 5.41) is 8.18. The highest BCUT2D eigenvalue weighted by molar-refractivity contribution is 5.49. The van der Waals surface area contributed by atoms with Gasteiger partial charge in [-0.1, -0.05) is 13.8 Å². The monoisotopic (exact) mass is 343 g/mol. The van der Waals surface area contributed by atoms with Crippen LogP contribution in [0.15, 0.2) is 12.4 Å². The molecule has 0 saturated carbocycles. The fourth-order valence-corrected chi connectivity index (χ4v) is 3.32. The Kier molecular flexibility index (Phi) is 4.52. The van der Waals surface area contributed by atoms with Crippen LogP contribution in [-0.2, 0) is 11.3 Å². The van der Waals surface area contributed by atoms with Crippen molar-refractivity contribution >= 4 is 11.6 Å². The van der Waals surface area contributed by atoms with Crippen molar-refractivity contribution in [1.29, 1.82) is 0 Å². The molecule has 2 aromatic rings. The van der Waals surface area contributed by atoms with E-state index in [9.17, 15) is 0 Å². The summed E-state index contributed by atoms with van der Waals surface area (Å²) in [6, 6.07) is 2.16. The van der Waals surface area contributed by atoms with Crippen LogP contribution in [0.25, 0.3) is 0 Å². The van der Waals surface area contributed by atoms with Crippen LogP contribution in [0, 0.1) is 0 Å². The van der Waals surface area contributed by atoms with Crippen molar-refractivity contribution in [3.8, 4) is 0 Å². The molecule has 1 fully saturated rings. The van der Waals surface area contributed by atoms with Crippen LogP contribution in [-0.4, -0.2) is 51.0 Å². The van der Waals surface area contributed by atoms with E-state index in [0.29, 0.717) is 5.92 Å². The second kappa shape index (κ2) is 6.95. The highest BCUT2D eigenvalue weighted by Crippen LogP contribution is 2.28. The molecule has 1 unspecified atom stereocenters. The molecular formula is C17H25N7O. The smallest absolute Gasteiger partial charge is 0.153 e. The minimum atomic E-state index is 0.140. The van der Waals surface area contributed by atoms with E-state index in [2.05, 4.69) is 39.1 Å². The maximum Gasteiger partial charge on any atom is 0.153 e. The Balaban J connectivity index is 1.53. The number of nitrogens with zero attached hydrogens (tertiary/aromatic N) is 6. The number of fused-ring (bicyclic) bond motifs is 1. The highest BCUT2D eigenvalue weighted by Gasteiger charge is 2.25. The summed E-state index contributed by atoms with van der Waals surface area (Å²) >= 11 is 0. The maximum absolute atomic E-state index is 5.41. The van der Waals surface area contributed by atoms with E-state index in [0.717, 1.165) is 69.0 Å². The van der Waals surface area contributed by atoms with Gasteiger partial charge in [0.15, 0.2) is 5.82 Å². The number of hydrogen-bond donors (Lipinski definition) is 1. The number of aromatic nitrogens is 5. The van der Waals surface area contributed by atoms with Crippen LogP contribution < -0.4 is 10.2 Å². The van der Waals surface area contributed by atoms with Gasteiger partial charge >= 0.3 is 0 Å². The molecule has 0 aromatic carbocycles. The Bertz CT molecular complexity index is 724. The van der Waals surface area contributed by atoms with Crippen molar-refractivity contribution in [3.63, 3.8) is 0 Å². The molecular weight excluding hydrogens is 318 g/mol. The van der Waals surface area contributed by atoms with Gasteiger partial charge in [0, 0.05) is 31.6 Å². The van der Waals surface area contributed by atoms with Crippen LogP contribution in [0.3, 0.4) is 0 Å². The Morgan fingerprint density at radius 1 is 1.20 bits per heavy atom. The number of hydrogen-bond acceptors (Lipinski definition) is 7. The third-order valence-electron chi connectivity index (χ3n) is 4.72. The van der Waals surface area contributed by atoms with Crippen molar-refractivity contribution < 1.29 is 4.74 Å². The lowest BCUT2D eigenvalue weighted by Crippen LogP contribution is -2.36. The SMILES string of the molecule is CC(C)c1nc2n(n1)CCCC2Nc1cc(N2CCOCC2)ncn1. The van der Waals surface area contributed by atoms with Crippen molar-refractivity contribution in [3.05, 3.63) is 24.0 Å². The van der Waals surface area contributed by atoms with Gasteiger partial charge in [0.05, 0.1) is 19.3 Å². The Morgan fingerprint density at radius 3 is 2.84 bits per heavy atom. The zero-order valence-corrected chi connectivity index (χ0v) is 14.9. The van der Waals surface area contributed by atoms with Gasteiger partial charge in [-0.25, -0.2) is 19.6 Å². The number of nitrogens with one attached hydrogen (secondary N) is 1. The van der Waals surface area contributed by atoms with E-state index in [-0.39, 0.29) is 6.04 Å². The molecule has 0 bridgehead atoms. The average Bonchev–Trinajstić information content (AvgIpc) is 3.09. The number of ether oxygens (including phenoxy) is 1. The molecule has 0 aliphatic carbocycles. The molecule has 0 spiro atoms. The molecule has 25 heavy (non-hydrogen) atoms. The summed E-state index contributed by atoms with van der Waals surface area (Å²) in [5.74, 6) is 4.05. The summed E-state index contributed by atoms with van der Waals surface area (Å²) in [4.78, 5) is 15.8. The quantitative estimate of drug-likeness (QED) is 0.909. The molecule has 0 amide bonds. The predicted molar refractivity (Wildman–Crippen MR) is 94.8 cm³/mol. The zero-order valence-electron chi connectivity index (χ0n) is 14.9. The maximum atomic E-state index is 5.41. The second-order valence-corrected chi connectivity index (χ2v) is 6.91. The first-order valence-electron chi connectivity index (χ1n) is 9.06. The van der Waals surface area contributed by atoms with Gasteiger partial charge in [-0.15, -0.1) is 0 Å². The normalized spacial score (nSPS) is 20.6. The molecule has 8 nitrogen and oxygen atoms in total. The van der Waals surface area contributed by atoms with E-state index in [1.54, 1.807) is 6.33 Å². The summed E-state index contributed by atoms with van der Waals surface area (Å²) in [5.41, 5.74) is 0. The Labute approximate surface area is 147 Å². The van der Waals surface area contributed by atoms with E-state index >= 15 is 0 Å². The summed E-state index contributed by atoms with van der Waals surface area (Å²) < 4.78 is 7.46. The number of morpholine rings is 1. The van der Waals surface area contributed by atoms with E-state index < -0.39 is 0 Å². The zero-order chi connectivity index (χ0) is 17.2. The van der Waals surface area contributed by atoms with Crippen molar-refractivity contribution in [2.75, 3.05) is 36.5 Å². The van der Waals surface area contributed by atoms with Crippen LogP contribution in [0.4, 0.5) is 11.6 Å². The van der Waals surface area contributed by atoms with Gasteiger partial charge in [-0.05, 0) is 12.8 Å². The summed E-state index contributed by atoms with van der Waals surface area (Å²) in [7, 11) is 0. The van der Waals surface area contributed by atoms with Gasteiger partial charge in [-0.3, -0.25) is 0 Å². The second-order valence-electron chi connectivity index (χ2n) is 6.91. The topological polar surface area (TPSA) is 81.0 Å². The van der Waals surface area contributed by atoms with E-state index in [1.165, 1.54) is 0 Å². The molecule has 2 aliphatic heterocycles. The molecule has 0 radical (unpaired) electrons. The van der Waals surface area contributed by atoms with Crippen molar-refractivity contribution in [2.45, 2.75) is 45.2 Å². The van der Waals surface area contributed by atoms with Crippen LogP contribution in [0.5, 0.6) is 0 Å². The fraction of sp³-hybridized carbons (Fsp3) is 0.647. The van der Waals surface area contributed by atoms with Gasteiger partial charge in [0.1, 0.15) is 23.8 Å². The summed E-state index contributed by atoms with van der Waals surface area (Å²) in [6.45, 7) is 8.42. The third kappa shape index (κ3) is 3.44. The largest absolute Gasteiger partial charge is 0.378 e. The molecule has 2 aromatic heterocycles. The highest BCUT2D eigenvalue weighted by atomic mass is 16.5. The molecule has 4 rings (SSSR count). The van der Waals surface area contributed by atoms with Crippen LogP contribution >= 0.6 is 0 Å². The Morgan fingerprint density at radius 2 is 2.04 bits per heavy atom. The summed E-state index contributed by atoms with van der Waals surface area (Å²) in [6.07, 6.45) is 3.75. The van der Waals surface area contributed by atoms with Crippen LogP contribution in [0.2, 0.25) is 0 Å². The van der Waals surface area contributed by atoms with Crippen molar-refractivity contribution in [2.24, 2.45) is 0 Å². The molecule has 1 atom stereocenters. The molecule has 1 saturated heterocycles. The third-order valence-corrected chi connectivity index (χ3v) is 4.72. The predicted octanol–water partition coefficient (Wildman–Crippen LogP) is 1.98. The minimum Gasteiger partial charge on any atom is -0.378 e. The number of anilines is 2. The lowest BCUT2D eigenvalue weighted by molar-refractivity contribution is 0.122.